The molecule has 2 aliphatic rings. The second-order valence-corrected chi connectivity index (χ2v) is 4.73. The zero-order valence-corrected chi connectivity index (χ0v) is 10.1. The fraction of sp³-hybridized carbons (Fsp3) is 0.538. The first-order chi connectivity index (χ1) is 8.33. The minimum absolute atomic E-state index is 0.0594. The summed E-state index contributed by atoms with van der Waals surface area (Å²) in [6.45, 7) is 2.04. The van der Waals surface area contributed by atoms with Crippen LogP contribution in [-0.2, 0) is 0 Å². The molecule has 4 heteroatoms. The molecule has 0 saturated carbocycles. The Morgan fingerprint density at radius 2 is 2.24 bits per heavy atom. The quantitative estimate of drug-likeness (QED) is 0.734. The van der Waals surface area contributed by atoms with E-state index in [0.29, 0.717) is 0 Å². The lowest BCUT2D eigenvalue weighted by molar-refractivity contribution is 0.0381. The second kappa shape index (κ2) is 4.11. The van der Waals surface area contributed by atoms with Gasteiger partial charge >= 0.3 is 0 Å². The van der Waals surface area contributed by atoms with Crippen molar-refractivity contribution in [3.63, 3.8) is 0 Å². The number of hydrogen-bond donors (Lipinski definition) is 1. The average molecular weight is 231 g/mol. The molecule has 4 nitrogen and oxygen atoms in total. The van der Waals surface area contributed by atoms with Crippen LogP contribution in [0, 0.1) is 0 Å². The van der Waals surface area contributed by atoms with Crippen molar-refractivity contribution in [2.24, 2.45) is 4.99 Å². The van der Waals surface area contributed by atoms with Gasteiger partial charge in [0.25, 0.3) is 0 Å². The smallest absolute Gasteiger partial charge is 0.147 e. The molecule has 1 N–H and O–H groups in total. The molecule has 1 aromatic heterocycles. The first-order valence-corrected chi connectivity index (χ1v) is 6.14. The first kappa shape index (κ1) is 10.7. The SMILES string of the molecule is C/N=C1/CC2(CCNCC2)Oc2cccnc21. The first-order valence-electron chi connectivity index (χ1n) is 6.14. The Kier molecular flexibility index (Phi) is 2.59. The van der Waals surface area contributed by atoms with Crippen LogP contribution in [0.25, 0.3) is 0 Å². The predicted molar refractivity (Wildman–Crippen MR) is 66.8 cm³/mol. The molecule has 0 unspecified atom stereocenters. The lowest BCUT2D eigenvalue weighted by atomic mass is 9.84. The highest BCUT2D eigenvalue weighted by Crippen LogP contribution is 2.37. The van der Waals surface area contributed by atoms with Gasteiger partial charge in [-0.15, -0.1) is 0 Å². The van der Waals surface area contributed by atoms with Gasteiger partial charge in [0, 0.05) is 32.5 Å². The zero-order valence-electron chi connectivity index (χ0n) is 10.1. The molecule has 0 atom stereocenters. The van der Waals surface area contributed by atoms with Gasteiger partial charge in [-0.2, -0.15) is 0 Å². The number of aromatic nitrogens is 1. The van der Waals surface area contributed by atoms with E-state index in [1.165, 1.54) is 0 Å². The van der Waals surface area contributed by atoms with Gasteiger partial charge in [-0.25, -0.2) is 0 Å². The van der Waals surface area contributed by atoms with Gasteiger partial charge < -0.3 is 10.1 Å². The van der Waals surface area contributed by atoms with E-state index in [0.717, 1.165) is 49.5 Å². The van der Waals surface area contributed by atoms with Crippen LogP contribution in [-0.4, -0.2) is 36.4 Å². The van der Waals surface area contributed by atoms with Crippen molar-refractivity contribution in [1.82, 2.24) is 10.3 Å². The standard InChI is InChI=1S/C13H17N3O/c1-14-10-9-13(4-7-15-8-5-13)17-11-3-2-6-16-12(10)11/h2-3,6,15H,4-5,7-9H2,1H3/b14-10-. The topological polar surface area (TPSA) is 46.5 Å². The number of piperidine rings is 1. The Balaban J connectivity index is 2.00. The number of fused-ring (bicyclic) bond motifs is 1. The summed E-state index contributed by atoms with van der Waals surface area (Å²) in [6.07, 6.45) is 4.77. The summed E-state index contributed by atoms with van der Waals surface area (Å²) in [5.74, 6) is 0.890. The third-order valence-electron chi connectivity index (χ3n) is 3.64. The van der Waals surface area contributed by atoms with E-state index in [4.69, 9.17) is 4.74 Å². The zero-order chi connectivity index (χ0) is 11.7. The number of nitrogens with zero attached hydrogens (tertiary/aromatic N) is 2. The molecule has 1 spiro atoms. The third-order valence-corrected chi connectivity index (χ3v) is 3.64. The summed E-state index contributed by atoms with van der Waals surface area (Å²) < 4.78 is 6.21. The molecule has 1 fully saturated rings. The van der Waals surface area contributed by atoms with Crippen molar-refractivity contribution in [3.8, 4) is 5.75 Å². The van der Waals surface area contributed by atoms with Crippen LogP contribution >= 0.6 is 0 Å². The minimum atomic E-state index is -0.0594. The van der Waals surface area contributed by atoms with Crippen molar-refractivity contribution >= 4 is 5.71 Å². The molecule has 0 aliphatic carbocycles. The van der Waals surface area contributed by atoms with Crippen LogP contribution in [0.2, 0.25) is 0 Å². The van der Waals surface area contributed by atoms with Crippen molar-refractivity contribution in [2.45, 2.75) is 24.9 Å². The van der Waals surface area contributed by atoms with Crippen molar-refractivity contribution in [2.75, 3.05) is 20.1 Å². The molecule has 3 rings (SSSR count). The molecule has 0 bridgehead atoms. The molecule has 3 heterocycles. The van der Waals surface area contributed by atoms with Crippen LogP contribution in [0.5, 0.6) is 5.75 Å². The highest BCUT2D eigenvalue weighted by atomic mass is 16.5. The van der Waals surface area contributed by atoms with Gasteiger partial charge in [0.1, 0.15) is 17.0 Å². The van der Waals surface area contributed by atoms with E-state index in [1.54, 1.807) is 6.20 Å². The highest BCUT2D eigenvalue weighted by molar-refractivity contribution is 6.02. The minimum Gasteiger partial charge on any atom is -0.484 e. The number of hydrogen-bond acceptors (Lipinski definition) is 4. The Morgan fingerprint density at radius 1 is 1.41 bits per heavy atom. The van der Waals surface area contributed by atoms with Crippen LogP contribution in [0.15, 0.2) is 23.3 Å². The third kappa shape index (κ3) is 1.82. The molecule has 0 aromatic carbocycles. The Bertz CT molecular complexity index is 450. The van der Waals surface area contributed by atoms with Crippen molar-refractivity contribution in [3.05, 3.63) is 24.0 Å². The summed E-state index contributed by atoms with van der Waals surface area (Å²) in [4.78, 5) is 8.77. The van der Waals surface area contributed by atoms with Crippen molar-refractivity contribution in [1.29, 1.82) is 0 Å². The lowest BCUT2D eigenvalue weighted by Crippen LogP contribution is -2.50. The van der Waals surface area contributed by atoms with Gasteiger partial charge in [0.2, 0.25) is 0 Å². The number of pyridine rings is 1. The Hall–Kier alpha value is -1.42. The Morgan fingerprint density at radius 3 is 3.00 bits per heavy atom. The number of aliphatic imine (C=N–C) groups is 1. The molecular weight excluding hydrogens is 214 g/mol. The molecule has 1 saturated heterocycles. The Labute approximate surface area is 101 Å². The predicted octanol–water partition coefficient (Wildman–Crippen LogP) is 1.41. The molecular formula is C13H17N3O. The molecule has 1 aromatic rings. The van der Waals surface area contributed by atoms with Gasteiger partial charge in [-0.1, -0.05) is 0 Å². The summed E-state index contributed by atoms with van der Waals surface area (Å²) in [5.41, 5.74) is 1.93. The maximum atomic E-state index is 6.21. The monoisotopic (exact) mass is 231 g/mol. The summed E-state index contributed by atoms with van der Waals surface area (Å²) in [6, 6.07) is 3.92. The number of ether oxygens (including phenoxy) is 1. The van der Waals surface area contributed by atoms with Gasteiger partial charge in [-0.05, 0) is 25.2 Å². The maximum Gasteiger partial charge on any atom is 0.147 e. The molecule has 0 radical (unpaired) electrons. The maximum absolute atomic E-state index is 6.21. The summed E-state index contributed by atoms with van der Waals surface area (Å²) in [5, 5.41) is 3.38. The van der Waals surface area contributed by atoms with Gasteiger partial charge in [0.15, 0.2) is 0 Å². The average Bonchev–Trinajstić information content (AvgIpc) is 2.38. The fourth-order valence-electron chi connectivity index (χ4n) is 2.69. The summed E-state index contributed by atoms with van der Waals surface area (Å²) >= 11 is 0. The molecule has 90 valence electrons. The van der Waals surface area contributed by atoms with E-state index in [9.17, 15) is 0 Å². The van der Waals surface area contributed by atoms with Crippen LogP contribution < -0.4 is 10.1 Å². The normalized spacial score (nSPS) is 24.4. The van der Waals surface area contributed by atoms with Crippen LogP contribution in [0.1, 0.15) is 25.0 Å². The lowest BCUT2D eigenvalue weighted by Gasteiger charge is -2.41. The fourth-order valence-corrected chi connectivity index (χ4v) is 2.69. The van der Waals surface area contributed by atoms with E-state index < -0.39 is 0 Å². The van der Waals surface area contributed by atoms with E-state index >= 15 is 0 Å². The second-order valence-electron chi connectivity index (χ2n) is 4.73. The van der Waals surface area contributed by atoms with Gasteiger partial charge in [0.05, 0.1) is 5.71 Å². The largest absolute Gasteiger partial charge is 0.484 e. The van der Waals surface area contributed by atoms with Crippen LogP contribution in [0.3, 0.4) is 0 Å². The molecule has 2 aliphatic heterocycles. The van der Waals surface area contributed by atoms with E-state index in [1.807, 2.05) is 19.2 Å². The molecule has 0 amide bonds. The van der Waals surface area contributed by atoms with E-state index in [2.05, 4.69) is 15.3 Å². The van der Waals surface area contributed by atoms with Crippen molar-refractivity contribution < 1.29 is 4.74 Å². The van der Waals surface area contributed by atoms with Gasteiger partial charge in [-0.3, -0.25) is 9.98 Å². The van der Waals surface area contributed by atoms with E-state index in [-0.39, 0.29) is 5.60 Å². The number of nitrogens with one attached hydrogen (secondary N) is 1. The molecule has 17 heavy (non-hydrogen) atoms. The number of rotatable bonds is 0. The van der Waals surface area contributed by atoms with Crippen LogP contribution in [0.4, 0.5) is 0 Å². The highest BCUT2D eigenvalue weighted by Gasteiger charge is 2.40. The summed E-state index contributed by atoms with van der Waals surface area (Å²) in [7, 11) is 1.84.